The minimum atomic E-state index is 0.0689. The van der Waals surface area contributed by atoms with Crippen LogP contribution in [0.4, 0.5) is 0 Å². The number of rotatable bonds is 5. The molecule has 0 radical (unpaired) electrons. The molecule has 3 heteroatoms. The highest BCUT2D eigenvalue weighted by atomic mass is 16.1. The Balaban J connectivity index is 2.18. The van der Waals surface area contributed by atoms with Crippen molar-refractivity contribution in [2.45, 2.75) is 0 Å². The lowest BCUT2D eigenvalue weighted by atomic mass is 10.1. The van der Waals surface area contributed by atoms with Crippen LogP contribution >= 0.6 is 0 Å². The molecule has 0 fully saturated rings. The number of pyridine rings is 1. The predicted octanol–water partition coefficient (Wildman–Crippen LogP) is 2.19. The third-order valence-corrected chi connectivity index (χ3v) is 2.50. The highest BCUT2D eigenvalue weighted by molar-refractivity contribution is 6.00. The van der Waals surface area contributed by atoms with Gasteiger partial charge in [0.15, 0.2) is 5.78 Å². The second-order valence-corrected chi connectivity index (χ2v) is 3.75. The molecule has 86 valence electrons. The van der Waals surface area contributed by atoms with Crippen LogP contribution in [0.3, 0.4) is 0 Å². The van der Waals surface area contributed by atoms with Crippen LogP contribution in [0.15, 0.2) is 49.2 Å². The molecule has 0 saturated heterocycles. The number of aromatic nitrogens is 1. The number of carbonyl (C=O) groups excluding carboxylic acids is 1. The Labute approximate surface area is 100 Å². The molecule has 0 aliphatic carbocycles. The molecule has 1 aromatic heterocycles. The van der Waals surface area contributed by atoms with Crippen LogP contribution in [0.1, 0.15) is 10.4 Å². The predicted molar refractivity (Wildman–Crippen MR) is 69.1 cm³/mol. The second-order valence-electron chi connectivity index (χ2n) is 3.75. The monoisotopic (exact) mass is 226 g/mol. The molecule has 2 aromatic rings. The van der Waals surface area contributed by atoms with Gasteiger partial charge in [-0.25, -0.2) is 0 Å². The smallest absolute Gasteiger partial charge is 0.176 e. The number of nitrogens with one attached hydrogen (secondary N) is 1. The summed E-state index contributed by atoms with van der Waals surface area (Å²) in [6.45, 7) is 4.55. The fourth-order valence-electron chi connectivity index (χ4n) is 1.63. The largest absolute Gasteiger partial charge is 0.306 e. The van der Waals surface area contributed by atoms with Gasteiger partial charge in [-0.2, -0.15) is 0 Å². The van der Waals surface area contributed by atoms with E-state index >= 15 is 0 Å². The Morgan fingerprint density at radius 1 is 1.41 bits per heavy atom. The number of nitrogens with zero attached hydrogens (tertiary/aromatic N) is 1. The van der Waals surface area contributed by atoms with E-state index in [1.165, 1.54) is 0 Å². The van der Waals surface area contributed by atoms with Gasteiger partial charge in [0.1, 0.15) is 0 Å². The SMILES string of the molecule is C=CCNCC(=O)c1ccc2cccnc2c1. The zero-order valence-corrected chi connectivity index (χ0v) is 9.52. The number of fused-ring (bicyclic) bond motifs is 1. The third-order valence-electron chi connectivity index (χ3n) is 2.50. The molecule has 2 rings (SSSR count). The molecule has 1 N–H and O–H groups in total. The normalized spacial score (nSPS) is 10.4. The maximum atomic E-state index is 11.8. The summed E-state index contributed by atoms with van der Waals surface area (Å²) in [7, 11) is 0. The van der Waals surface area contributed by atoms with Crippen LogP contribution in [-0.2, 0) is 0 Å². The first kappa shape index (κ1) is 11.5. The van der Waals surface area contributed by atoms with Crippen LogP contribution in [0.25, 0.3) is 10.9 Å². The second kappa shape index (κ2) is 5.37. The summed E-state index contributed by atoms with van der Waals surface area (Å²) in [5, 5.41) is 4.04. The van der Waals surface area contributed by atoms with Crippen molar-refractivity contribution in [3.63, 3.8) is 0 Å². The zero-order chi connectivity index (χ0) is 12.1. The van der Waals surface area contributed by atoms with Gasteiger partial charge in [-0.1, -0.05) is 24.3 Å². The number of ketones is 1. The van der Waals surface area contributed by atoms with Crippen molar-refractivity contribution in [3.05, 3.63) is 54.7 Å². The van der Waals surface area contributed by atoms with Crippen LogP contribution in [0.2, 0.25) is 0 Å². The molecule has 0 saturated carbocycles. The lowest BCUT2D eigenvalue weighted by Gasteiger charge is -2.03. The van der Waals surface area contributed by atoms with E-state index in [2.05, 4.69) is 16.9 Å². The van der Waals surface area contributed by atoms with Crippen LogP contribution in [0.5, 0.6) is 0 Å². The molecule has 1 heterocycles. The first-order valence-corrected chi connectivity index (χ1v) is 5.51. The lowest BCUT2D eigenvalue weighted by molar-refractivity contribution is 0.0992. The summed E-state index contributed by atoms with van der Waals surface area (Å²) >= 11 is 0. The summed E-state index contributed by atoms with van der Waals surface area (Å²) in [5.41, 5.74) is 1.54. The quantitative estimate of drug-likeness (QED) is 0.483. The van der Waals surface area contributed by atoms with E-state index in [9.17, 15) is 4.79 Å². The van der Waals surface area contributed by atoms with E-state index in [1.54, 1.807) is 12.3 Å². The minimum Gasteiger partial charge on any atom is -0.306 e. The molecule has 3 nitrogen and oxygen atoms in total. The standard InChI is InChI=1S/C14H14N2O/c1-2-7-15-10-14(17)12-6-5-11-4-3-8-16-13(11)9-12/h2-6,8-9,15H,1,7,10H2. The Morgan fingerprint density at radius 2 is 2.29 bits per heavy atom. The number of hydrogen-bond donors (Lipinski definition) is 1. The fourth-order valence-corrected chi connectivity index (χ4v) is 1.63. The highest BCUT2D eigenvalue weighted by Gasteiger charge is 2.05. The Morgan fingerprint density at radius 3 is 3.12 bits per heavy atom. The summed E-state index contributed by atoms with van der Waals surface area (Å²) < 4.78 is 0. The Hall–Kier alpha value is -2.00. The van der Waals surface area contributed by atoms with Crippen molar-refractivity contribution in [2.24, 2.45) is 0 Å². The minimum absolute atomic E-state index is 0.0689. The van der Waals surface area contributed by atoms with Crippen molar-refractivity contribution in [2.75, 3.05) is 13.1 Å². The van der Waals surface area contributed by atoms with Gasteiger partial charge in [0.25, 0.3) is 0 Å². The Kier molecular flexibility index (Phi) is 3.62. The maximum absolute atomic E-state index is 11.8. The fraction of sp³-hybridized carbons (Fsp3) is 0.143. The molecule has 17 heavy (non-hydrogen) atoms. The van der Waals surface area contributed by atoms with Gasteiger partial charge in [-0.05, 0) is 12.1 Å². The van der Waals surface area contributed by atoms with E-state index in [0.29, 0.717) is 18.7 Å². The first-order valence-electron chi connectivity index (χ1n) is 5.51. The summed E-state index contributed by atoms with van der Waals surface area (Å²) in [6.07, 6.45) is 3.46. The van der Waals surface area contributed by atoms with Gasteiger partial charge in [0, 0.05) is 23.7 Å². The molecule has 0 aliphatic rings. The Bertz CT molecular complexity index is 549. The number of hydrogen-bond acceptors (Lipinski definition) is 3. The van der Waals surface area contributed by atoms with E-state index in [0.717, 1.165) is 10.9 Å². The molecule has 0 aliphatic heterocycles. The molecule has 0 amide bonds. The summed E-state index contributed by atoms with van der Waals surface area (Å²) in [6, 6.07) is 9.44. The van der Waals surface area contributed by atoms with E-state index in [-0.39, 0.29) is 5.78 Å². The molecular formula is C14H14N2O. The van der Waals surface area contributed by atoms with Crippen molar-refractivity contribution < 1.29 is 4.79 Å². The van der Waals surface area contributed by atoms with E-state index < -0.39 is 0 Å². The summed E-state index contributed by atoms with van der Waals surface area (Å²) in [4.78, 5) is 16.1. The van der Waals surface area contributed by atoms with Crippen molar-refractivity contribution >= 4 is 16.7 Å². The number of Topliss-reactive ketones (excluding diaryl/α,β-unsaturated/α-hetero) is 1. The average Bonchev–Trinajstić information content (AvgIpc) is 2.38. The third kappa shape index (κ3) is 2.77. The maximum Gasteiger partial charge on any atom is 0.176 e. The molecule has 0 unspecified atom stereocenters. The molecule has 0 bridgehead atoms. The highest BCUT2D eigenvalue weighted by Crippen LogP contribution is 2.13. The van der Waals surface area contributed by atoms with Gasteiger partial charge >= 0.3 is 0 Å². The molecule has 0 atom stereocenters. The number of carbonyl (C=O) groups is 1. The average molecular weight is 226 g/mol. The van der Waals surface area contributed by atoms with E-state index in [1.807, 2.05) is 30.3 Å². The van der Waals surface area contributed by atoms with Crippen molar-refractivity contribution in [1.29, 1.82) is 0 Å². The van der Waals surface area contributed by atoms with Gasteiger partial charge in [0.2, 0.25) is 0 Å². The number of benzene rings is 1. The lowest BCUT2D eigenvalue weighted by Crippen LogP contribution is -2.22. The van der Waals surface area contributed by atoms with Gasteiger partial charge in [-0.3, -0.25) is 9.78 Å². The molecule has 1 aromatic carbocycles. The zero-order valence-electron chi connectivity index (χ0n) is 9.52. The van der Waals surface area contributed by atoms with Gasteiger partial charge in [-0.15, -0.1) is 6.58 Å². The van der Waals surface area contributed by atoms with Gasteiger partial charge < -0.3 is 5.32 Å². The molecular weight excluding hydrogens is 212 g/mol. The molecule has 0 spiro atoms. The van der Waals surface area contributed by atoms with Crippen molar-refractivity contribution in [3.8, 4) is 0 Å². The van der Waals surface area contributed by atoms with Crippen LogP contribution < -0.4 is 5.32 Å². The summed E-state index contributed by atoms with van der Waals surface area (Å²) in [5.74, 6) is 0.0689. The van der Waals surface area contributed by atoms with Crippen LogP contribution in [0, 0.1) is 0 Å². The first-order chi connectivity index (χ1) is 8.31. The van der Waals surface area contributed by atoms with Crippen LogP contribution in [-0.4, -0.2) is 23.9 Å². The van der Waals surface area contributed by atoms with Gasteiger partial charge in [0.05, 0.1) is 12.1 Å². The topological polar surface area (TPSA) is 42.0 Å². The van der Waals surface area contributed by atoms with E-state index in [4.69, 9.17) is 0 Å². The van der Waals surface area contributed by atoms with Crippen molar-refractivity contribution in [1.82, 2.24) is 10.3 Å².